The molecule has 0 aromatic heterocycles. The van der Waals surface area contributed by atoms with Gasteiger partial charge in [0, 0.05) is 5.56 Å². The van der Waals surface area contributed by atoms with Crippen LogP contribution in [0.25, 0.3) is 0 Å². The highest BCUT2D eigenvalue weighted by atomic mass is 32.2. The first-order valence-electron chi connectivity index (χ1n) is 5.89. The number of aryl methyl sites for hydroxylation is 1. The largest absolute Gasteiger partial charge is 0.368 e. The Hall–Kier alpha value is -1.88. The van der Waals surface area contributed by atoms with Gasteiger partial charge >= 0.3 is 0 Å². The minimum Gasteiger partial charge on any atom is -0.368 e. The minimum absolute atomic E-state index is 0.0643. The van der Waals surface area contributed by atoms with Crippen LogP contribution in [0.2, 0.25) is 0 Å². The second kappa shape index (κ2) is 6.52. The van der Waals surface area contributed by atoms with Crippen molar-refractivity contribution in [3.63, 3.8) is 0 Å². The van der Waals surface area contributed by atoms with E-state index in [0.29, 0.717) is 11.1 Å². The van der Waals surface area contributed by atoms with Gasteiger partial charge in [-0.1, -0.05) is 17.9 Å². The van der Waals surface area contributed by atoms with E-state index < -0.39 is 22.0 Å². The number of hydrogen-bond acceptors (Lipinski definition) is 4. The Bertz CT molecular complexity index is 672. The monoisotopic (exact) mass is 295 g/mol. The van der Waals surface area contributed by atoms with Crippen LogP contribution in [0.3, 0.4) is 0 Å². The molecule has 0 aliphatic heterocycles. The van der Waals surface area contributed by atoms with E-state index in [1.54, 1.807) is 19.1 Å². The van der Waals surface area contributed by atoms with Crippen LogP contribution in [0.1, 0.15) is 18.1 Å². The molecule has 1 unspecified atom stereocenters. The molecule has 0 spiro atoms. The van der Waals surface area contributed by atoms with Crippen LogP contribution in [0.15, 0.2) is 23.1 Å². The molecular formula is C13H17N3O3S. The number of hydrogen-bond donors (Lipinski definition) is 3. The predicted octanol–water partition coefficient (Wildman–Crippen LogP) is -0.543. The molecule has 1 aromatic rings. The fraction of sp³-hybridized carbons (Fsp3) is 0.308. The third-order valence-electron chi connectivity index (χ3n) is 2.57. The number of nitrogens with two attached hydrogens (primary N) is 2. The van der Waals surface area contributed by atoms with Crippen molar-refractivity contribution in [1.29, 1.82) is 0 Å². The van der Waals surface area contributed by atoms with E-state index in [4.69, 9.17) is 11.5 Å². The summed E-state index contributed by atoms with van der Waals surface area (Å²) < 4.78 is 26.6. The molecule has 0 heterocycles. The van der Waals surface area contributed by atoms with E-state index in [-0.39, 0.29) is 11.4 Å². The molecular weight excluding hydrogens is 278 g/mol. The van der Waals surface area contributed by atoms with E-state index in [1.807, 2.05) is 0 Å². The Morgan fingerprint density at radius 1 is 1.45 bits per heavy atom. The zero-order valence-corrected chi connectivity index (χ0v) is 12.1. The SMILES string of the molecule is Cc1ccc(C#CCN)cc1S(=O)(=O)NC(C)C(N)=O. The molecule has 5 N–H and O–H groups in total. The number of nitrogens with one attached hydrogen (secondary N) is 1. The van der Waals surface area contributed by atoms with E-state index in [1.165, 1.54) is 13.0 Å². The molecule has 0 aliphatic rings. The summed E-state index contributed by atoms with van der Waals surface area (Å²) in [5.74, 6) is 4.67. The van der Waals surface area contributed by atoms with Crippen LogP contribution in [0.5, 0.6) is 0 Å². The van der Waals surface area contributed by atoms with Crippen molar-refractivity contribution in [1.82, 2.24) is 4.72 Å². The van der Waals surface area contributed by atoms with E-state index in [9.17, 15) is 13.2 Å². The molecule has 0 saturated carbocycles. The van der Waals surface area contributed by atoms with Gasteiger partial charge in [0.2, 0.25) is 15.9 Å². The van der Waals surface area contributed by atoms with Gasteiger partial charge in [-0.15, -0.1) is 0 Å². The predicted molar refractivity (Wildman–Crippen MR) is 76.1 cm³/mol. The number of primary amides is 1. The molecule has 1 rings (SSSR count). The van der Waals surface area contributed by atoms with Gasteiger partial charge in [-0.05, 0) is 31.5 Å². The van der Waals surface area contributed by atoms with Crippen molar-refractivity contribution in [3.05, 3.63) is 29.3 Å². The Kier molecular flexibility index (Phi) is 5.27. The number of rotatable bonds is 4. The van der Waals surface area contributed by atoms with E-state index in [2.05, 4.69) is 16.6 Å². The summed E-state index contributed by atoms with van der Waals surface area (Å²) in [6, 6.07) is 3.80. The molecule has 7 heteroatoms. The van der Waals surface area contributed by atoms with Gasteiger partial charge in [-0.2, -0.15) is 4.72 Å². The van der Waals surface area contributed by atoms with Crippen molar-refractivity contribution in [2.45, 2.75) is 24.8 Å². The lowest BCUT2D eigenvalue weighted by Crippen LogP contribution is -2.42. The Labute approximate surface area is 118 Å². The van der Waals surface area contributed by atoms with Crippen LogP contribution in [0, 0.1) is 18.8 Å². The lowest BCUT2D eigenvalue weighted by atomic mass is 10.1. The number of benzene rings is 1. The topological polar surface area (TPSA) is 115 Å². The lowest BCUT2D eigenvalue weighted by Gasteiger charge is -2.13. The van der Waals surface area contributed by atoms with Crippen LogP contribution in [-0.2, 0) is 14.8 Å². The normalized spacial score (nSPS) is 12.3. The number of carbonyl (C=O) groups is 1. The number of carbonyl (C=O) groups excluding carboxylic acids is 1. The quantitative estimate of drug-likeness (QED) is 0.647. The second-order valence-corrected chi connectivity index (χ2v) is 5.91. The highest BCUT2D eigenvalue weighted by molar-refractivity contribution is 7.89. The summed E-state index contributed by atoms with van der Waals surface area (Å²) >= 11 is 0. The highest BCUT2D eigenvalue weighted by Crippen LogP contribution is 2.17. The van der Waals surface area contributed by atoms with Crippen molar-refractivity contribution in [3.8, 4) is 11.8 Å². The Balaban J connectivity index is 3.20. The van der Waals surface area contributed by atoms with Gasteiger partial charge in [0.1, 0.15) is 0 Å². The molecule has 0 saturated heterocycles. The van der Waals surface area contributed by atoms with Crippen molar-refractivity contribution in [2.75, 3.05) is 6.54 Å². The lowest BCUT2D eigenvalue weighted by molar-refractivity contribution is -0.119. The third kappa shape index (κ3) is 4.06. The van der Waals surface area contributed by atoms with Gasteiger partial charge in [0.15, 0.2) is 0 Å². The molecule has 1 atom stereocenters. The van der Waals surface area contributed by atoms with Crippen LogP contribution >= 0.6 is 0 Å². The van der Waals surface area contributed by atoms with Gasteiger partial charge < -0.3 is 11.5 Å². The van der Waals surface area contributed by atoms with E-state index >= 15 is 0 Å². The first kappa shape index (κ1) is 16.2. The molecule has 0 fully saturated rings. The van der Waals surface area contributed by atoms with Gasteiger partial charge in [-0.25, -0.2) is 8.42 Å². The van der Waals surface area contributed by atoms with Crippen molar-refractivity contribution in [2.24, 2.45) is 11.5 Å². The maximum absolute atomic E-state index is 12.2. The molecule has 20 heavy (non-hydrogen) atoms. The fourth-order valence-corrected chi connectivity index (χ4v) is 2.96. The van der Waals surface area contributed by atoms with Crippen molar-refractivity contribution < 1.29 is 13.2 Å². The molecule has 1 aromatic carbocycles. The van der Waals surface area contributed by atoms with Crippen LogP contribution in [-0.4, -0.2) is 26.9 Å². The smallest absolute Gasteiger partial charge is 0.241 e. The summed E-state index contributed by atoms with van der Waals surface area (Å²) in [7, 11) is -3.83. The molecule has 0 bridgehead atoms. The van der Waals surface area contributed by atoms with Crippen molar-refractivity contribution >= 4 is 15.9 Å². The van der Waals surface area contributed by atoms with Gasteiger partial charge in [-0.3, -0.25) is 4.79 Å². The molecule has 6 nitrogen and oxygen atoms in total. The summed E-state index contributed by atoms with van der Waals surface area (Å²) in [6.07, 6.45) is 0. The zero-order valence-electron chi connectivity index (χ0n) is 11.3. The maximum Gasteiger partial charge on any atom is 0.241 e. The number of sulfonamides is 1. The van der Waals surface area contributed by atoms with Gasteiger partial charge in [0.25, 0.3) is 0 Å². The summed E-state index contributed by atoms with van der Waals surface area (Å²) in [4.78, 5) is 11.0. The maximum atomic E-state index is 12.2. The first-order chi connectivity index (χ1) is 9.27. The minimum atomic E-state index is -3.83. The van der Waals surface area contributed by atoms with Gasteiger partial charge in [0.05, 0.1) is 17.5 Å². The Morgan fingerprint density at radius 3 is 2.65 bits per heavy atom. The Morgan fingerprint density at radius 2 is 2.10 bits per heavy atom. The molecule has 0 aliphatic carbocycles. The zero-order chi connectivity index (χ0) is 15.3. The first-order valence-corrected chi connectivity index (χ1v) is 7.37. The molecule has 0 radical (unpaired) electrons. The van der Waals surface area contributed by atoms with E-state index in [0.717, 1.165) is 0 Å². The number of amides is 1. The highest BCUT2D eigenvalue weighted by Gasteiger charge is 2.22. The van der Waals surface area contributed by atoms with Crippen LogP contribution < -0.4 is 16.2 Å². The average Bonchev–Trinajstić information content (AvgIpc) is 2.36. The third-order valence-corrected chi connectivity index (χ3v) is 4.25. The average molecular weight is 295 g/mol. The summed E-state index contributed by atoms with van der Waals surface area (Å²) in [5.41, 5.74) is 11.4. The fourth-order valence-electron chi connectivity index (χ4n) is 1.47. The second-order valence-electron chi connectivity index (χ2n) is 4.23. The summed E-state index contributed by atoms with van der Waals surface area (Å²) in [5, 5.41) is 0. The molecule has 1 amide bonds. The standard InChI is InChI=1S/C13H17N3O3S/c1-9-5-6-11(4-3-7-14)8-12(9)20(18,19)16-10(2)13(15)17/h5-6,8,10,16H,7,14H2,1-2H3,(H2,15,17). The molecule has 108 valence electrons. The van der Waals surface area contributed by atoms with Crippen LogP contribution in [0.4, 0.5) is 0 Å². The summed E-state index contributed by atoms with van der Waals surface area (Å²) in [6.45, 7) is 3.23.